The van der Waals surface area contributed by atoms with Crippen LogP contribution in [0.2, 0.25) is 15.1 Å². The summed E-state index contributed by atoms with van der Waals surface area (Å²) in [5.74, 6) is -0.737. The number of carbonyl (C=O) groups is 1. The maximum atomic E-state index is 13.4. The molecular weight excluding hydrogens is 541 g/mol. The van der Waals surface area contributed by atoms with Gasteiger partial charge in [-0.1, -0.05) is 53.0 Å². The third kappa shape index (κ3) is 5.25. The highest BCUT2D eigenvalue weighted by atomic mass is 35.5. The molecule has 0 saturated carbocycles. The molecule has 178 valence electrons. The van der Waals surface area contributed by atoms with Crippen molar-refractivity contribution in [2.45, 2.75) is 23.4 Å². The summed E-state index contributed by atoms with van der Waals surface area (Å²) in [6.45, 7) is 0. The number of methoxy groups -OCH3 is 1. The average molecular weight is 559 g/mol. The van der Waals surface area contributed by atoms with Crippen LogP contribution in [0.4, 0.5) is 0 Å². The van der Waals surface area contributed by atoms with Crippen molar-refractivity contribution < 1.29 is 17.9 Å². The monoisotopic (exact) mass is 557 g/mol. The number of thiophene rings is 1. The molecule has 0 bridgehead atoms. The number of sulfonamides is 1. The minimum atomic E-state index is -4.16. The fraction of sp³-hybridized carbons (Fsp3) is 0.182. The molecule has 34 heavy (non-hydrogen) atoms. The van der Waals surface area contributed by atoms with Crippen molar-refractivity contribution in [2.24, 2.45) is 5.10 Å². The van der Waals surface area contributed by atoms with Gasteiger partial charge in [-0.2, -0.15) is 9.82 Å². The molecule has 1 aromatic heterocycles. The van der Waals surface area contributed by atoms with E-state index in [2.05, 4.69) is 15.2 Å². The maximum absolute atomic E-state index is 13.4. The number of rotatable bonds is 7. The van der Waals surface area contributed by atoms with Crippen LogP contribution in [0.1, 0.15) is 39.3 Å². The largest absolute Gasteiger partial charge is 0.465 e. The van der Waals surface area contributed by atoms with Gasteiger partial charge in [0, 0.05) is 21.5 Å². The zero-order valence-electron chi connectivity index (χ0n) is 17.6. The predicted molar refractivity (Wildman–Crippen MR) is 135 cm³/mol. The van der Waals surface area contributed by atoms with E-state index in [4.69, 9.17) is 39.5 Å². The molecule has 2 unspecified atom stereocenters. The molecule has 1 aliphatic heterocycles. The van der Waals surface area contributed by atoms with Crippen LogP contribution < -0.4 is 10.1 Å². The van der Waals surface area contributed by atoms with E-state index in [0.29, 0.717) is 27.7 Å². The Kier molecular flexibility index (Phi) is 7.51. The first-order chi connectivity index (χ1) is 16.2. The molecule has 0 fully saturated rings. The van der Waals surface area contributed by atoms with Crippen molar-refractivity contribution in [3.05, 3.63) is 85.0 Å². The van der Waals surface area contributed by atoms with Gasteiger partial charge < -0.3 is 10.2 Å². The van der Waals surface area contributed by atoms with Crippen molar-refractivity contribution in [2.75, 3.05) is 7.11 Å². The van der Waals surface area contributed by atoms with Crippen LogP contribution in [-0.2, 0) is 14.8 Å². The lowest BCUT2D eigenvalue weighted by atomic mass is 9.96. The van der Waals surface area contributed by atoms with Crippen molar-refractivity contribution in [1.82, 2.24) is 10.1 Å². The molecule has 12 heteroatoms. The maximum Gasteiger partial charge on any atom is 0.349 e. The van der Waals surface area contributed by atoms with Gasteiger partial charge in [0.1, 0.15) is 9.77 Å². The molecule has 7 nitrogen and oxygen atoms in total. The zero-order valence-corrected chi connectivity index (χ0v) is 21.5. The fourth-order valence-electron chi connectivity index (χ4n) is 3.55. The second-order valence-electron chi connectivity index (χ2n) is 7.37. The van der Waals surface area contributed by atoms with Crippen molar-refractivity contribution in [3.63, 3.8) is 0 Å². The summed E-state index contributed by atoms with van der Waals surface area (Å²) >= 11 is 19.5. The third-order valence-electron chi connectivity index (χ3n) is 5.22. The first-order valence-electron chi connectivity index (χ1n) is 9.90. The van der Waals surface area contributed by atoms with Crippen LogP contribution >= 0.6 is 46.1 Å². The Labute approximate surface area is 215 Å². The Morgan fingerprint density at radius 3 is 2.53 bits per heavy atom. The molecule has 0 aliphatic carbocycles. The fourth-order valence-corrected chi connectivity index (χ4v) is 6.73. The molecule has 2 aromatic carbocycles. The highest BCUT2D eigenvalue weighted by Gasteiger charge is 2.34. The number of esters is 1. The molecule has 0 saturated heterocycles. The van der Waals surface area contributed by atoms with Gasteiger partial charge in [-0.3, -0.25) is 0 Å². The Bertz CT molecular complexity index is 1360. The second kappa shape index (κ2) is 10.2. The summed E-state index contributed by atoms with van der Waals surface area (Å²) < 4.78 is 34.1. The Morgan fingerprint density at radius 2 is 1.85 bits per heavy atom. The number of benzene rings is 2. The Hall–Kier alpha value is -2.14. The molecular formula is C22H18Cl3N3O4S2. The van der Waals surface area contributed by atoms with E-state index in [0.717, 1.165) is 16.9 Å². The van der Waals surface area contributed by atoms with Crippen LogP contribution in [0.15, 0.2) is 63.9 Å². The zero-order chi connectivity index (χ0) is 24.5. The number of carbonyl (C=O) groups excluding carboxylic acids is 1. The van der Waals surface area contributed by atoms with Gasteiger partial charge in [-0.25, -0.2) is 13.2 Å². The van der Waals surface area contributed by atoms with Crippen LogP contribution in [-0.4, -0.2) is 27.2 Å². The second-order valence-corrected chi connectivity index (χ2v) is 11.2. The first-order valence-corrected chi connectivity index (χ1v) is 13.4. The molecule has 0 amide bonds. The number of hydrogen-bond acceptors (Lipinski definition) is 7. The topological polar surface area (TPSA) is 96.9 Å². The normalized spacial score (nSPS) is 16.6. The Morgan fingerprint density at radius 1 is 1.15 bits per heavy atom. The van der Waals surface area contributed by atoms with Gasteiger partial charge in [-0.15, -0.1) is 11.3 Å². The lowest BCUT2D eigenvalue weighted by Gasteiger charge is -2.21. The SMILES string of the molecule is COC(=O)c1sccc1S(=O)(=O)NC(C1=NNC(c2ccc(Cl)cc2)C1)c1ccc(Cl)cc1Cl. The van der Waals surface area contributed by atoms with Gasteiger partial charge in [0.2, 0.25) is 10.0 Å². The smallest absolute Gasteiger partial charge is 0.349 e. The summed E-state index contributed by atoms with van der Waals surface area (Å²) in [6.07, 6.45) is 0.404. The summed E-state index contributed by atoms with van der Waals surface area (Å²) in [6, 6.07) is 12.4. The van der Waals surface area contributed by atoms with E-state index in [1.807, 2.05) is 12.1 Å². The quantitative estimate of drug-likeness (QED) is 0.368. The van der Waals surface area contributed by atoms with E-state index in [1.54, 1.807) is 24.3 Å². The summed E-state index contributed by atoms with van der Waals surface area (Å²) in [5.41, 5.74) is 4.98. The van der Waals surface area contributed by atoms with Crippen LogP contribution in [0.3, 0.4) is 0 Å². The first kappa shape index (κ1) is 25.0. The lowest BCUT2D eigenvalue weighted by Crippen LogP contribution is -2.34. The van der Waals surface area contributed by atoms with Crippen molar-refractivity contribution in [3.8, 4) is 0 Å². The van der Waals surface area contributed by atoms with Crippen molar-refractivity contribution >= 4 is 67.8 Å². The number of nitrogens with zero attached hydrogens (tertiary/aromatic N) is 1. The Balaban J connectivity index is 1.69. The number of halogens is 3. The molecule has 3 aromatic rings. The standard InChI is InChI=1S/C22H18Cl3N3O4S2/c1-32-22(29)21-19(8-9-33-21)34(30,31)28-20(15-7-6-14(24)10-16(15)25)18-11-17(26-27-18)12-2-4-13(23)5-3-12/h2-10,17,20,26,28H,11H2,1H3. The van der Waals surface area contributed by atoms with E-state index in [9.17, 15) is 13.2 Å². The van der Waals surface area contributed by atoms with Gasteiger partial charge in [0.15, 0.2) is 0 Å². The molecule has 2 N–H and O–H groups in total. The van der Waals surface area contributed by atoms with Crippen LogP contribution in [0.25, 0.3) is 0 Å². The predicted octanol–water partition coefficient (Wildman–Crippen LogP) is 5.61. The molecule has 2 atom stereocenters. The van der Waals surface area contributed by atoms with E-state index < -0.39 is 22.0 Å². The molecule has 4 rings (SSSR count). The minimum absolute atomic E-state index is 0.0264. The summed E-state index contributed by atoms with van der Waals surface area (Å²) in [7, 11) is -2.97. The van der Waals surface area contributed by atoms with Crippen LogP contribution in [0.5, 0.6) is 0 Å². The molecule has 0 radical (unpaired) electrons. The highest BCUT2D eigenvalue weighted by molar-refractivity contribution is 7.89. The van der Waals surface area contributed by atoms with Crippen molar-refractivity contribution in [1.29, 1.82) is 0 Å². The summed E-state index contributed by atoms with van der Waals surface area (Å²) in [4.78, 5) is 11.9. The molecule has 1 aliphatic rings. The van der Waals surface area contributed by atoms with Gasteiger partial charge in [0.25, 0.3) is 0 Å². The number of hydrogen-bond donors (Lipinski definition) is 2. The van der Waals surface area contributed by atoms with E-state index >= 15 is 0 Å². The van der Waals surface area contributed by atoms with E-state index in [-0.39, 0.29) is 20.8 Å². The highest BCUT2D eigenvalue weighted by Crippen LogP contribution is 2.34. The number of hydrazone groups is 1. The number of nitrogens with one attached hydrogen (secondary N) is 2. The molecule has 0 spiro atoms. The number of ether oxygens (including phenoxy) is 1. The van der Waals surface area contributed by atoms with Gasteiger partial charge in [0.05, 0.1) is 24.9 Å². The average Bonchev–Trinajstić information content (AvgIpc) is 3.48. The summed E-state index contributed by atoms with van der Waals surface area (Å²) in [5, 5.41) is 7.22. The lowest BCUT2D eigenvalue weighted by molar-refractivity contribution is 0.0602. The van der Waals surface area contributed by atoms with E-state index in [1.165, 1.54) is 24.6 Å². The van der Waals surface area contributed by atoms with Crippen LogP contribution in [0, 0.1) is 0 Å². The van der Waals surface area contributed by atoms with Gasteiger partial charge in [-0.05, 0) is 46.8 Å². The van der Waals surface area contributed by atoms with Gasteiger partial charge >= 0.3 is 5.97 Å². The molecule has 2 heterocycles. The minimum Gasteiger partial charge on any atom is -0.465 e. The third-order valence-corrected chi connectivity index (χ3v) is 8.52.